The molecule has 1 aromatic rings. The van der Waals surface area contributed by atoms with E-state index in [-0.39, 0.29) is 17.0 Å². The summed E-state index contributed by atoms with van der Waals surface area (Å²) < 4.78 is 6.17. The molecule has 21 heavy (non-hydrogen) atoms. The second-order valence-corrected chi connectivity index (χ2v) is 7.21. The van der Waals surface area contributed by atoms with Crippen LogP contribution in [-0.2, 0) is 11.3 Å². The molecule has 4 heteroatoms. The largest absolute Gasteiger partial charge is 0.384 e. The fourth-order valence-electron chi connectivity index (χ4n) is 3.46. The number of nitrogens with two attached hydrogens (primary N) is 1. The summed E-state index contributed by atoms with van der Waals surface area (Å²) in [7, 11) is 2.14. The lowest BCUT2D eigenvalue weighted by Gasteiger charge is -2.33. The molecule has 1 aromatic carbocycles. The van der Waals surface area contributed by atoms with E-state index in [1.807, 2.05) is 18.2 Å². The zero-order valence-corrected chi connectivity index (χ0v) is 13.7. The first-order valence-electron chi connectivity index (χ1n) is 7.44. The quantitative estimate of drug-likeness (QED) is 0.662. The highest BCUT2D eigenvalue weighted by atomic mass is 16.5. The Labute approximate surface area is 127 Å². The van der Waals surface area contributed by atoms with Crippen molar-refractivity contribution in [3.8, 4) is 0 Å². The number of hydrogen-bond acceptors (Lipinski definition) is 3. The second kappa shape index (κ2) is 5.43. The van der Waals surface area contributed by atoms with Crippen LogP contribution >= 0.6 is 0 Å². The van der Waals surface area contributed by atoms with Gasteiger partial charge in [-0.3, -0.25) is 10.3 Å². The Hall–Kier alpha value is -1.39. The van der Waals surface area contributed by atoms with Gasteiger partial charge in [-0.1, -0.05) is 18.2 Å². The molecule has 0 aliphatic carbocycles. The Bertz CT molecular complexity index is 537. The van der Waals surface area contributed by atoms with Gasteiger partial charge in [0.25, 0.3) is 0 Å². The highest BCUT2D eigenvalue weighted by Gasteiger charge is 2.47. The number of hydrogen-bond donors (Lipinski definition) is 2. The fraction of sp³-hybridized carbons (Fsp3) is 0.588. The van der Waals surface area contributed by atoms with E-state index in [4.69, 9.17) is 15.9 Å². The van der Waals surface area contributed by atoms with Crippen LogP contribution in [0.15, 0.2) is 24.3 Å². The van der Waals surface area contributed by atoms with Crippen LogP contribution in [0.5, 0.6) is 0 Å². The molecule has 1 saturated heterocycles. The Morgan fingerprint density at radius 2 is 2.05 bits per heavy atom. The maximum atomic E-state index is 7.54. The smallest absolute Gasteiger partial charge is 0.122 e. The maximum Gasteiger partial charge on any atom is 0.122 e. The van der Waals surface area contributed by atoms with Gasteiger partial charge < -0.3 is 10.5 Å². The van der Waals surface area contributed by atoms with Crippen molar-refractivity contribution in [1.82, 2.24) is 4.90 Å². The highest BCUT2D eigenvalue weighted by molar-refractivity contribution is 5.95. The topological polar surface area (TPSA) is 62.3 Å². The van der Waals surface area contributed by atoms with Gasteiger partial charge in [0.05, 0.1) is 11.2 Å². The molecule has 116 valence electrons. The molecule has 0 bridgehead atoms. The van der Waals surface area contributed by atoms with Crippen LogP contribution in [0.1, 0.15) is 45.2 Å². The minimum Gasteiger partial charge on any atom is -0.384 e. The Kier molecular flexibility index (Phi) is 4.13. The maximum absolute atomic E-state index is 7.54. The molecule has 1 fully saturated rings. The van der Waals surface area contributed by atoms with Crippen molar-refractivity contribution >= 4 is 5.84 Å². The third kappa shape index (κ3) is 3.63. The zero-order valence-electron chi connectivity index (χ0n) is 13.7. The number of benzene rings is 1. The first-order chi connectivity index (χ1) is 9.61. The monoisotopic (exact) mass is 289 g/mol. The molecule has 0 spiro atoms. The van der Waals surface area contributed by atoms with Crippen molar-refractivity contribution in [2.24, 2.45) is 5.73 Å². The third-order valence-corrected chi connectivity index (χ3v) is 4.23. The number of nitrogen functional groups attached to an aromatic ring is 1. The van der Waals surface area contributed by atoms with Gasteiger partial charge in [0.2, 0.25) is 0 Å². The van der Waals surface area contributed by atoms with Gasteiger partial charge in [-0.25, -0.2) is 0 Å². The second-order valence-electron chi connectivity index (χ2n) is 7.21. The number of ether oxygens (including phenoxy) is 1. The Morgan fingerprint density at radius 3 is 2.57 bits per heavy atom. The summed E-state index contributed by atoms with van der Waals surface area (Å²) in [6.07, 6.45) is 1.02. The van der Waals surface area contributed by atoms with Gasteiger partial charge in [0.1, 0.15) is 5.84 Å². The van der Waals surface area contributed by atoms with Crippen LogP contribution in [-0.4, -0.2) is 35.0 Å². The number of likely N-dealkylation sites (N-methyl/N-ethyl adjacent to an activating group) is 1. The highest BCUT2D eigenvalue weighted by Crippen LogP contribution is 2.40. The molecule has 0 amide bonds. The standard InChI is InChI=1S/C17H27N3O/c1-16(2)10-14(17(3,4)21-16)20(5)11-12-7-6-8-13(9-12)15(18)19/h6-9,14H,10-11H2,1-5H3,(H3,18,19). The van der Waals surface area contributed by atoms with E-state index in [0.29, 0.717) is 6.04 Å². The van der Waals surface area contributed by atoms with Crippen LogP contribution in [0.25, 0.3) is 0 Å². The minimum atomic E-state index is -0.156. The van der Waals surface area contributed by atoms with E-state index in [2.05, 4.69) is 45.7 Å². The molecule has 0 aromatic heterocycles. The first kappa shape index (κ1) is 16.0. The summed E-state index contributed by atoms with van der Waals surface area (Å²) in [4.78, 5) is 2.34. The van der Waals surface area contributed by atoms with Crippen molar-refractivity contribution in [1.29, 1.82) is 5.41 Å². The first-order valence-corrected chi connectivity index (χ1v) is 7.44. The Morgan fingerprint density at radius 1 is 1.38 bits per heavy atom. The van der Waals surface area contributed by atoms with Gasteiger partial charge in [0, 0.05) is 18.2 Å². The molecule has 4 nitrogen and oxygen atoms in total. The average Bonchev–Trinajstić information content (AvgIpc) is 2.57. The number of nitrogens with one attached hydrogen (secondary N) is 1. The summed E-state index contributed by atoms with van der Waals surface area (Å²) in [5.74, 6) is 0.116. The summed E-state index contributed by atoms with van der Waals surface area (Å²) >= 11 is 0. The van der Waals surface area contributed by atoms with Crippen LogP contribution in [0.2, 0.25) is 0 Å². The molecule has 1 atom stereocenters. The van der Waals surface area contributed by atoms with Crippen LogP contribution in [0.4, 0.5) is 0 Å². The van der Waals surface area contributed by atoms with Gasteiger partial charge in [-0.05, 0) is 52.8 Å². The lowest BCUT2D eigenvalue weighted by atomic mass is 9.93. The van der Waals surface area contributed by atoms with Crippen molar-refractivity contribution in [3.63, 3.8) is 0 Å². The summed E-state index contributed by atoms with van der Waals surface area (Å²) in [5.41, 5.74) is 7.28. The van der Waals surface area contributed by atoms with Crippen LogP contribution in [0.3, 0.4) is 0 Å². The van der Waals surface area contributed by atoms with E-state index in [1.165, 1.54) is 5.56 Å². The minimum absolute atomic E-state index is 0.0797. The SMILES string of the molecule is CN(Cc1cccc(C(=N)N)c1)C1CC(C)(C)OC1(C)C. The molecule has 1 aliphatic rings. The van der Waals surface area contributed by atoms with E-state index in [0.717, 1.165) is 18.5 Å². The lowest BCUT2D eigenvalue weighted by molar-refractivity contribution is -0.0791. The predicted octanol–water partition coefficient (Wildman–Crippen LogP) is 2.75. The van der Waals surface area contributed by atoms with E-state index in [1.54, 1.807) is 0 Å². The molecule has 1 aliphatic heterocycles. The molecular weight excluding hydrogens is 262 g/mol. The van der Waals surface area contributed by atoms with Crippen molar-refractivity contribution < 1.29 is 4.74 Å². The molecule has 0 saturated carbocycles. The molecule has 0 radical (unpaired) electrons. The third-order valence-electron chi connectivity index (χ3n) is 4.23. The molecule has 1 unspecified atom stereocenters. The average molecular weight is 289 g/mol. The van der Waals surface area contributed by atoms with Gasteiger partial charge in [-0.15, -0.1) is 0 Å². The van der Waals surface area contributed by atoms with Crippen LogP contribution in [0, 0.1) is 5.41 Å². The molecule has 3 N–H and O–H groups in total. The summed E-state index contributed by atoms with van der Waals surface area (Å²) in [6.45, 7) is 9.45. The van der Waals surface area contributed by atoms with Gasteiger partial charge in [0.15, 0.2) is 0 Å². The van der Waals surface area contributed by atoms with Gasteiger partial charge in [-0.2, -0.15) is 0 Å². The van der Waals surface area contributed by atoms with E-state index in [9.17, 15) is 0 Å². The zero-order chi connectivity index (χ0) is 15.8. The van der Waals surface area contributed by atoms with Crippen molar-refractivity contribution in [3.05, 3.63) is 35.4 Å². The number of nitrogens with zero attached hydrogens (tertiary/aromatic N) is 1. The van der Waals surface area contributed by atoms with Crippen molar-refractivity contribution in [2.75, 3.05) is 7.05 Å². The number of amidine groups is 1. The van der Waals surface area contributed by atoms with Gasteiger partial charge >= 0.3 is 0 Å². The Balaban J connectivity index is 2.13. The summed E-state index contributed by atoms with van der Waals surface area (Å²) in [5, 5.41) is 7.54. The number of rotatable bonds is 4. The molecule has 1 heterocycles. The fourth-order valence-corrected chi connectivity index (χ4v) is 3.46. The van der Waals surface area contributed by atoms with Crippen LogP contribution < -0.4 is 5.73 Å². The molecular formula is C17H27N3O. The normalized spacial score (nSPS) is 23.4. The summed E-state index contributed by atoms with van der Waals surface area (Å²) in [6, 6.07) is 8.27. The predicted molar refractivity (Wildman–Crippen MR) is 86.6 cm³/mol. The van der Waals surface area contributed by atoms with E-state index < -0.39 is 0 Å². The molecule has 2 rings (SSSR count). The lowest BCUT2D eigenvalue weighted by Crippen LogP contribution is -2.44. The van der Waals surface area contributed by atoms with E-state index >= 15 is 0 Å². The van der Waals surface area contributed by atoms with Crippen molar-refractivity contribution in [2.45, 2.75) is 57.9 Å².